The molecule has 2 aromatic heterocycles. The largest absolute Gasteiger partial charge is 0.465 e. The number of furan rings is 1. The zero-order valence-corrected chi connectivity index (χ0v) is 17.9. The van der Waals surface area contributed by atoms with Crippen LogP contribution < -0.4 is 0 Å². The lowest BCUT2D eigenvalue weighted by Crippen LogP contribution is -2.48. The van der Waals surface area contributed by atoms with Crippen molar-refractivity contribution in [1.29, 1.82) is 0 Å². The standard InChI is InChI=1S/C26H26N4O2/c31-26(13-12-22-9-6-18-32-22)29-16-14-28(15-17-29)20-25-27-23-10-4-5-11-24(23)30(25)19-21-7-2-1-3-8-21/h1-13,18H,14-17,19-20H2. The highest BCUT2D eigenvalue weighted by molar-refractivity contribution is 5.91. The zero-order chi connectivity index (χ0) is 21.8. The molecule has 0 aliphatic carbocycles. The summed E-state index contributed by atoms with van der Waals surface area (Å²) in [6, 6.07) is 22.5. The van der Waals surface area contributed by atoms with E-state index in [1.54, 1.807) is 18.4 Å². The van der Waals surface area contributed by atoms with Gasteiger partial charge in [-0.25, -0.2) is 4.98 Å². The molecule has 1 saturated heterocycles. The van der Waals surface area contributed by atoms with E-state index in [1.165, 1.54) is 5.56 Å². The second-order valence-corrected chi connectivity index (χ2v) is 8.04. The first-order valence-electron chi connectivity index (χ1n) is 11.0. The van der Waals surface area contributed by atoms with Gasteiger partial charge in [0.05, 0.1) is 23.8 Å². The summed E-state index contributed by atoms with van der Waals surface area (Å²) in [7, 11) is 0. The average molecular weight is 427 g/mol. The number of hydrogen-bond donors (Lipinski definition) is 0. The van der Waals surface area contributed by atoms with Crippen molar-refractivity contribution in [2.45, 2.75) is 13.1 Å². The Kier molecular flexibility index (Phi) is 5.85. The van der Waals surface area contributed by atoms with Crippen molar-refractivity contribution >= 4 is 23.0 Å². The summed E-state index contributed by atoms with van der Waals surface area (Å²) in [4.78, 5) is 21.7. The number of imidazole rings is 1. The lowest BCUT2D eigenvalue weighted by Gasteiger charge is -2.34. The highest BCUT2D eigenvalue weighted by Gasteiger charge is 2.22. The van der Waals surface area contributed by atoms with E-state index in [0.717, 1.165) is 43.0 Å². The molecule has 1 amide bonds. The molecule has 1 aliphatic rings. The molecule has 0 radical (unpaired) electrons. The van der Waals surface area contributed by atoms with Gasteiger partial charge in [-0.15, -0.1) is 0 Å². The molecule has 2 aromatic carbocycles. The van der Waals surface area contributed by atoms with Gasteiger partial charge in [0, 0.05) is 38.8 Å². The highest BCUT2D eigenvalue weighted by Crippen LogP contribution is 2.20. The predicted molar refractivity (Wildman–Crippen MR) is 125 cm³/mol. The molecule has 162 valence electrons. The topological polar surface area (TPSA) is 54.5 Å². The first-order chi connectivity index (χ1) is 15.8. The molecule has 0 saturated carbocycles. The number of carbonyl (C=O) groups excluding carboxylic acids is 1. The third kappa shape index (κ3) is 4.50. The van der Waals surface area contributed by atoms with E-state index in [-0.39, 0.29) is 5.91 Å². The van der Waals surface area contributed by atoms with Crippen molar-refractivity contribution < 1.29 is 9.21 Å². The maximum absolute atomic E-state index is 12.5. The Morgan fingerprint density at radius 3 is 2.47 bits per heavy atom. The van der Waals surface area contributed by atoms with Gasteiger partial charge in [-0.05, 0) is 35.9 Å². The van der Waals surface area contributed by atoms with Crippen LogP contribution in [0.3, 0.4) is 0 Å². The second-order valence-electron chi connectivity index (χ2n) is 8.04. The van der Waals surface area contributed by atoms with Crippen LogP contribution in [-0.4, -0.2) is 51.4 Å². The number of nitrogens with zero attached hydrogens (tertiary/aromatic N) is 4. The number of fused-ring (bicyclic) bond motifs is 1. The molecule has 0 bridgehead atoms. The van der Waals surface area contributed by atoms with Gasteiger partial charge in [-0.1, -0.05) is 42.5 Å². The smallest absolute Gasteiger partial charge is 0.246 e. The molecule has 4 aromatic rings. The number of rotatable bonds is 6. The van der Waals surface area contributed by atoms with Gasteiger partial charge in [-0.2, -0.15) is 0 Å². The number of benzene rings is 2. The minimum absolute atomic E-state index is 0.0253. The SMILES string of the molecule is O=C(C=Cc1ccco1)N1CCN(Cc2nc3ccccc3n2Cc2ccccc2)CC1. The third-order valence-electron chi connectivity index (χ3n) is 5.90. The summed E-state index contributed by atoms with van der Waals surface area (Å²) in [5.41, 5.74) is 3.44. The van der Waals surface area contributed by atoms with Gasteiger partial charge in [0.2, 0.25) is 5.91 Å². The summed E-state index contributed by atoms with van der Waals surface area (Å²) in [5, 5.41) is 0. The van der Waals surface area contributed by atoms with Crippen LogP contribution in [0.15, 0.2) is 83.5 Å². The number of hydrogen-bond acceptors (Lipinski definition) is 4. The van der Waals surface area contributed by atoms with Crippen molar-refractivity contribution in [2.24, 2.45) is 0 Å². The number of aromatic nitrogens is 2. The molecule has 3 heterocycles. The van der Waals surface area contributed by atoms with E-state index in [2.05, 4.69) is 51.9 Å². The lowest BCUT2D eigenvalue weighted by atomic mass is 10.2. The van der Waals surface area contributed by atoms with Gasteiger partial charge in [-0.3, -0.25) is 9.69 Å². The molecule has 5 rings (SSSR count). The van der Waals surface area contributed by atoms with Crippen molar-refractivity contribution in [3.8, 4) is 0 Å². The van der Waals surface area contributed by atoms with E-state index in [4.69, 9.17) is 9.40 Å². The summed E-state index contributed by atoms with van der Waals surface area (Å²) in [6.45, 7) is 4.64. The molecule has 0 spiro atoms. The molecule has 1 aliphatic heterocycles. The van der Waals surface area contributed by atoms with Crippen LogP contribution in [0.4, 0.5) is 0 Å². The first-order valence-corrected chi connectivity index (χ1v) is 11.0. The van der Waals surface area contributed by atoms with Crippen molar-refractivity contribution in [2.75, 3.05) is 26.2 Å². The summed E-state index contributed by atoms with van der Waals surface area (Å²) >= 11 is 0. The van der Waals surface area contributed by atoms with Gasteiger partial charge in [0.25, 0.3) is 0 Å². The van der Waals surface area contributed by atoms with Crippen LogP contribution in [0.2, 0.25) is 0 Å². The van der Waals surface area contributed by atoms with E-state index in [1.807, 2.05) is 29.2 Å². The quantitative estimate of drug-likeness (QED) is 0.437. The van der Waals surface area contributed by atoms with Gasteiger partial charge in [0.15, 0.2) is 0 Å². The fourth-order valence-electron chi connectivity index (χ4n) is 4.16. The summed E-state index contributed by atoms with van der Waals surface area (Å²) in [5.74, 6) is 1.78. The van der Waals surface area contributed by atoms with Gasteiger partial charge in [0.1, 0.15) is 11.6 Å². The fraction of sp³-hybridized carbons (Fsp3) is 0.231. The van der Waals surface area contributed by atoms with Crippen LogP contribution in [-0.2, 0) is 17.9 Å². The molecule has 0 unspecified atom stereocenters. The maximum Gasteiger partial charge on any atom is 0.246 e. The zero-order valence-electron chi connectivity index (χ0n) is 17.9. The average Bonchev–Trinajstić information content (AvgIpc) is 3.47. The lowest BCUT2D eigenvalue weighted by molar-refractivity contribution is -0.127. The van der Waals surface area contributed by atoms with Crippen molar-refractivity contribution in [3.05, 3.63) is 96.2 Å². The molecule has 6 heteroatoms. The molecule has 6 nitrogen and oxygen atoms in total. The molecule has 32 heavy (non-hydrogen) atoms. The number of piperazine rings is 1. The number of amides is 1. The molecule has 1 fully saturated rings. The van der Waals surface area contributed by atoms with Crippen LogP contribution >= 0.6 is 0 Å². The van der Waals surface area contributed by atoms with E-state index >= 15 is 0 Å². The fourth-order valence-corrected chi connectivity index (χ4v) is 4.16. The monoisotopic (exact) mass is 426 g/mol. The highest BCUT2D eigenvalue weighted by atomic mass is 16.3. The molecular weight excluding hydrogens is 400 g/mol. The second kappa shape index (κ2) is 9.24. The molecule has 0 atom stereocenters. The van der Waals surface area contributed by atoms with Crippen molar-refractivity contribution in [3.63, 3.8) is 0 Å². The van der Waals surface area contributed by atoms with Crippen molar-refractivity contribution in [1.82, 2.24) is 19.4 Å². The number of para-hydroxylation sites is 2. The summed E-state index contributed by atoms with van der Waals surface area (Å²) < 4.78 is 7.57. The molecule has 0 N–H and O–H groups in total. The Bertz CT molecular complexity index is 1200. The van der Waals surface area contributed by atoms with E-state index in [0.29, 0.717) is 18.8 Å². The Hall–Kier alpha value is -3.64. The third-order valence-corrected chi connectivity index (χ3v) is 5.90. The Balaban J connectivity index is 1.26. The Labute approximate surface area is 187 Å². The normalized spacial score (nSPS) is 15.1. The Morgan fingerprint density at radius 1 is 0.906 bits per heavy atom. The first kappa shape index (κ1) is 20.3. The van der Waals surface area contributed by atoms with Gasteiger partial charge < -0.3 is 13.9 Å². The van der Waals surface area contributed by atoms with Crippen LogP contribution in [0, 0.1) is 0 Å². The summed E-state index contributed by atoms with van der Waals surface area (Å²) in [6.07, 6.45) is 4.92. The minimum Gasteiger partial charge on any atom is -0.465 e. The maximum atomic E-state index is 12.5. The van der Waals surface area contributed by atoms with E-state index < -0.39 is 0 Å². The van der Waals surface area contributed by atoms with Crippen LogP contribution in [0.5, 0.6) is 0 Å². The number of carbonyl (C=O) groups is 1. The van der Waals surface area contributed by atoms with Crippen LogP contribution in [0.25, 0.3) is 17.1 Å². The Morgan fingerprint density at radius 2 is 1.69 bits per heavy atom. The van der Waals surface area contributed by atoms with E-state index in [9.17, 15) is 4.79 Å². The predicted octanol–water partition coefficient (Wildman–Crippen LogP) is 4.04. The minimum atomic E-state index is 0.0253. The molecular formula is C26H26N4O2. The van der Waals surface area contributed by atoms with Gasteiger partial charge >= 0.3 is 0 Å². The van der Waals surface area contributed by atoms with Crippen LogP contribution in [0.1, 0.15) is 17.1 Å².